The van der Waals surface area contributed by atoms with E-state index in [2.05, 4.69) is 5.38 Å². The first-order valence-electron chi connectivity index (χ1n) is 9.28. The second-order valence-corrected chi connectivity index (χ2v) is 7.54. The van der Waals surface area contributed by atoms with E-state index in [-0.39, 0.29) is 6.10 Å². The molecule has 0 bridgehead atoms. The van der Waals surface area contributed by atoms with Crippen molar-refractivity contribution in [3.8, 4) is 16.9 Å². The summed E-state index contributed by atoms with van der Waals surface area (Å²) in [6.45, 7) is 6.18. The number of carbonyl (C=O) groups excluding carboxylic acids is 1. The van der Waals surface area contributed by atoms with E-state index < -0.39 is 5.91 Å². The number of rotatable bonds is 10. The van der Waals surface area contributed by atoms with Crippen molar-refractivity contribution in [3.63, 3.8) is 0 Å². The van der Waals surface area contributed by atoms with Crippen LogP contribution < -0.4 is 10.5 Å². The number of hydrogen-bond acceptors (Lipinski definition) is 5. The van der Waals surface area contributed by atoms with Crippen LogP contribution in [0.25, 0.3) is 21.2 Å². The Labute approximate surface area is 169 Å². The van der Waals surface area contributed by atoms with Gasteiger partial charge in [0.25, 0.3) is 0 Å². The van der Waals surface area contributed by atoms with Crippen LogP contribution in [-0.4, -0.2) is 38.4 Å². The largest absolute Gasteiger partial charge is 0.491 e. The summed E-state index contributed by atoms with van der Waals surface area (Å²) in [5, 5.41) is 3.13. The van der Waals surface area contributed by atoms with Crippen LogP contribution in [-0.2, 0) is 9.47 Å². The van der Waals surface area contributed by atoms with Crippen molar-refractivity contribution in [1.29, 1.82) is 0 Å². The minimum atomic E-state index is -0.416. The summed E-state index contributed by atoms with van der Waals surface area (Å²) in [7, 11) is 0. The Balaban J connectivity index is 1.57. The Hall–Kier alpha value is -2.41. The normalized spacial score (nSPS) is 11.2. The molecule has 0 fully saturated rings. The second-order valence-electron chi connectivity index (χ2n) is 6.63. The topological polar surface area (TPSA) is 70.8 Å². The van der Waals surface area contributed by atoms with E-state index in [4.69, 9.17) is 19.9 Å². The van der Waals surface area contributed by atoms with Gasteiger partial charge in [0.15, 0.2) is 0 Å². The molecule has 3 aromatic rings. The third-order valence-electron chi connectivity index (χ3n) is 4.20. The van der Waals surface area contributed by atoms with Gasteiger partial charge in [0.1, 0.15) is 12.4 Å². The standard InChI is InChI=1S/C22H25NO4S/c1-15(2)26-11-9-25-10-12-27-18-6-3-16(4-7-18)20-14-28-21-8-5-17(22(23)24)13-19(20)21/h3-8,13-15H,9-12H2,1-2H3,(H2,23,24). The highest BCUT2D eigenvalue weighted by Gasteiger charge is 2.09. The van der Waals surface area contributed by atoms with Gasteiger partial charge in [0.2, 0.25) is 5.91 Å². The van der Waals surface area contributed by atoms with Crippen molar-refractivity contribution in [2.75, 3.05) is 26.4 Å². The van der Waals surface area contributed by atoms with Crippen LogP contribution in [0.4, 0.5) is 0 Å². The highest BCUT2D eigenvalue weighted by molar-refractivity contribution is 7.17. The Morgan fingerprint density at radius 1 is 1.04 bits per heavy atom. The molecule has 1 amide bonds. The van der Waals surface area contributed by atoms with E-state index in [1.165, 1.54) is 0 Å². The van der Waals surface area contributed by atoms with Crippen molar-refractivity contribution in [1.82, 2.24) is 0 Å². The van der Waals surface area contributed by atoms with Crippen molar-refractivity contribution in [3.05, 3.63) is 53.4 Å². The molecule has 2 N–H and O–H groups in total. The lowest BCUT2D eigenvalue weighted by atomic mass is 10.0. The summed E-state index contributed by atoms with van der Waals surface area (Å²) in [4.78, 5) is 11.5. The van der Waals surface area contributed by atoms with Gasteiger partial charge in [-0.15, -0.1) is 11.3 Å². The monoisotopic (exact) mass is 399 g/mol. The minimum Gasteiger partial charge on any atom is -0.491 e. The zero-order valence-corrected chi connectivity index (χ0v) is 17.0. The molecule has 6 heteroatoms. The van der Waals surface area contributed by atoms with Crippen LogP contribution in [0.15, 0.2) is 47.8 Å². The summed E-state index contributed by atoms with van der Waals surface area (Å²) in [6, 6.07) is 13.5. The Kier molecular flexibility index (Phi) is 7.03. The third kappa shape index (κ3) is 5.32. The smallest absolute Gasteiger partial charge is 0.248 e. The first-order chi connectivity index (χ1) is 13.5. The van der Waals surface area contributed by atoms with Gasteiger partial charge in [0, 0.05) is 21.2 Å². The minimum absolute atomic E-state index is 0.223. The first kappa shape index (κ1) is 20.3. The zero-order chi connectivity index (χ0) is 19.9. The van der Waals surface area contributed by atoms with Crippen LogP contribution in [0.3, 0.4) is 0 Å². The van der Waals surface area contributed by atoms with Gasteiger partial charge >= 0.3 is 0 Å². The van der Waals surface area contributed by atoms with Crippen molar-refractivity contribution < 1.29 is 19.0 Å². The zero-order valence-electron chi connectivity index (χ0n) is 16.1. The Bertz CT molecular complexity index is 918. The van der Waals surface area contributed by atoms with Gasteiger partial charge in [-0.25, -0.2) is 0 Å². The second kappa shape index (κ2) is 9.68. The molecular weight excluding hydrogens is 374 g/mol. The summed E-state index contributed by atoms with van der Waals surface area (Å²) < 4.78 is 17.7. The van der Waals surface area contributed by atoms with Gasteiger partial charge in [0.05, 0.1) is 25.9 Å². The number of hydrogen-bond donors (Lipinski definition) is 1. The molecule has 0 radical (unpaired) electrons. The molecule has 3 rings (SSSR count). The number of benzene rings is 2. The van der Waals surface area contributed by atoms with Crippen molar-refractivity contribution >= 4 is 27.3 Å². The number of primary amides is 1. The molecule has 0 aliphatic heterocycles. The van der Waals surface area contributed by atoms with E-state index in [0.717, 1.165) is 27.0 Å². The summed E-state index contributed by atoms with van der Waals surface area (Å²) >= 11 is 1.65. The molecule has 148 valence electrons. The lowest BCUT2D eigenvalue weighted by molar-refractivity contribution is 0.0124. The quantitative estimate of drug-likeness (QED) is 0.510. The average Bonchev–Trinajstić information content (AvgIpc) is 3.10. The predicted molar refractivity (Wildman–Crippen MR) is 113 cm³/mol. The van der Waals surface area contributed by atoms with E-state index in [0.29, 0.717) is 32.0 Å². The molecule has 28 heavy (non-hydrogen) atoms. The molecule has 0 saturated carbocycles. The van der Waals surface area contributed by atoms with Crippen molar-refractivity contribution in [2.45, 2.75) is 20.0 Å². The number of carbonyl (C=O) groups is 1. The SMILES string of the molecule is CC(C)OCCOCCOc1ccc(-c2csc3ccc(C(N)=O)cc23)cc1. The maximum absolute atomic E-state index is 11.5. The molecule has 1 heterocycles. The lowest BCUT2D eigenvalue weighted by Gasteiger charge is -2.09. The fourth-order valence-corrected chi connectivity index (χ4v) is 3.75. The Morgan fingerprint density at radius 3 is 2.50 bits per heavy atom. The molecule has 0 aliphatic carbocycles. The summed E-state index contributed by atoms with van der Waals surface area (Å²) in [5.74, 6) is 0.379. The Morgan fingerprint density at radius 2 is 1.79 bits per heavy atom. The van der Waals surface area contributed by atoms with E-state index in [1.807, 2.05) is 50.2 Å². The van der Waals surface area contributed by atoms with Crippen LogP contribution in [0.1, 0.15) is 24.2 Å². The van der Waals surface area contributed by atoms with E-state index >= 15 is 0 Å². The first-order valence-corrected chi connectivity index (χ1v) is 10.2. The fraction of sp³-hybridized carbons (Fsp3) is 0.318. The predicted octanol–water partition coefficient (Wildman–Crippen LogP) is 4.49. The maximum Gasteiger partial charge on any atom is 0.248 e. The highest BCUT2D eigenvalue weighted by Crippen LogP contribution is 2.35. The van der Waals surface area contributed by atoms with E-state index in [9.17, 15) is 4.79 Å². The molecule has 0 unspecified atom stereocenters. The highest BCUT2D eigenvalue weighted by atomic mass is 32.1. The molecular formula is C22H25NO4S. The maximum atomic E-state index is 11.5. The number of nitrogens with two attached hydrogens (primary N) is 1. The van der Waals surface area contributed by atoms with Crippen LogP contribution >= 0.6 is 11.3 Å². The number of fused-ring (bicyclic) bond motifs is 1. The van der Waals surface area contributed by atoms with Crippen molar-refractivity contribution in [2.24, 2.45) is 5.73 Å². The van der Waals surface area contributed by atoms with Gasteiger partial charge < -0.3 is 19.9 Å². The molecule has 1 aromatic heterocycles. The van der Waals surface area contributed by atoms with Crippen LogP contribution in [0.5, 0.6) is 5.75 Å². The fourth-order valence-electron chi connectivity index (χ4n) is 2.80. The average molecular weight is 400 g/mol. The molecule has 0 aliphatic rings. The molecule has 0 spiro atoms. The molecule has 2 aromatic carbocycles. The third-order valence-corrected chi connectivity index (χ3v) is 5.16. The van der Waals surface area contributed by atoms with Crippen LogP contribution in [0.2, 0.25) is 0 Å². The molecule has 0 saturated heterocycles. The van der Waals surface area contributed by atoms with E-state index in [1.54, 1.807) is 17.4 Å². The number of thiophene rings is 1. The van der Waals surface area contributed by atoms with Gasteiger partial charge in [-0.05, 0) is 55.1 Å². The molecule has 5 nitrogen and oxygen atoms in total. The van der Waals surface area contributed by atoms with Crippen LogP contribution in [0, 0.1) is 0 Å². The van der Waals surface area contributed by atoms with Gasteiger partial charge in [-0.3, -0.25) is 4.79 Å². The van der Waals surface area contributed by atoms with Gasteiger partial charge in [-0.2, -0.15) is 0 Å². The number of amides is 1. The summed E-state index contributed by atoms with van der Waals surface area (Å²) in [6.07, 6.45) is 0.223. The summed E-state index contributed by atoms with van der Waals surface area (Å²) in [5.41, 5.74) is 8.09. The molecule has 0 atom stereocenters. The number of ether oxygens (including phenoxy) is 3. The van der Waals surface area contributed by atoms with Gasteiger partial charge in [-0.1, -0.05) is 12.1 Å². The lowest BCUT2D eigenvalue weighted by Crippen LogP contribution is -2.13.